The quantitative estimate of drug-likeness (QED) is 0.658. The molecule has 0 unspecified atom stereocenters. The van der Waals surface area contributed by atoms with Crippen LogP contribution in [0.15, 0.2) is 18.2 Å². The van der Waals surface area contributed by atoms with Gasteiger partial charge in [-0.2, -0.15) is 0 Å². The topological polar surface area (TPSA) is 53.7 Å². The molecule has 1 aromatic carbocycles. The van der Waals surface area contributed by atoms with E-state index in [0.29, 0.717) is 26.4 Å². The summed E-state index contributed by atoms with van der Waals surface area (Å²) < 4.78 is 16.2. The van der Waals surface area contributed by atoms with Crippen LogP contribution in [-0.4, -0.2) is 40.1 Å². The highest BCUT2D eigenvalue weighted by molar-refractivity contribution is 5.40. The molecule has 0 saturated carbocycles. The van der Waals surface area contributed by atoms with Crippen LogP contribution in [0.4, 0.5) is 0 Å². The third-order valence-electron chi connectivity index (χ3n) is 2.82. The maximum absolute atomic E-state index is 5.82. The Bertz CT molecular complexity index is 355. The van der Waals surface area contributed by atoms with E-state index in [1.54, 1.807) is 7.11 Å². The van der Waals surface area contributed by atoms with E-state index in [0.717, 1.165) is 30.8 Å². The predicted octanol–water partition coefficient (Wildman–Crippen LogP) is 1.93. The fourth-order valence-electron chi connectivity index (χ4n) is 1.88. The van der Waals surface area contributed by atoms with Crippen LogP contribution in [0.25, 0.3) is 0 Å². The van der Waals surface area contributed by atoms with Crippen LogP contribution in [-0.2, 0) is 15.9 Å². The number of aryl methyl sites for hydroxylation is 1. The average Bonchev–Trinajstić information content (AvgIpc) is 2.41. The van der Waals surface area contributed by atoms with E-state index in [9.17, 15) is 0 Å². The van der Waals surface area contributed by atoms with Crippen LogP contribution < -0.4 is 10.5 Å². The molecule has 4 heteroatoms. The van der Waals surface area contributed by atoms with Crippen molar-refractivity contribution in [1.82, 2.24) is 0 Å². The number of para-hydroxylation sites is 1. The Morgan fingerprint density at radius 1 is 1.11 bits per heavy atom. The van der Waals surface area contributed by atoms with E-state index in [1.807, 2.05) is 6.07 Å². The highest BCUT2D eigenvalue weighted by Crippen LogP contribution is 2.23. The molecule has 4 nitrogen and oxygen atoms in total. The van der Waals surface area contributed by atoms with Gasteiger partial charge >= 0.3 is 0 Å². The fraction of sp³-hybridized carbons (Fsp3) is 0.600. The summed E-state index contributed by atoms with van der Waals surface area (Å²) >= 11 is 0. The van der Waals surface area contributed by atoms with Crippen LogP contribution >= 0.6 is 0 Å². The van der Waals surface area contributed by atoms with Gasteiger partial charge in [0.25, 0.3) is 0 Å². The number of rotatable bonds is 10. The Morgan fingerprint density at radius 2 is 1.95 bits per heavy atom. The van der Waals surface area contributed by atoms with Gasteiger partial charge in [0.2, 0.25) is 0 Å². The zero-order chi connectivity index (χ0) is 13.9. The summed E-state index contributed by atoms with van der Waals surface area (Å²) in [6, 6.07) is 6.15. The van der Waals surface area contributed by atoms with E-state index in [4.69, 9.17) is 19.9 Å². The Kier molecular flexibility index (Phi) is 8.21. The maximum atomic E-state index is 5.82. The van der Waals surface area contributed by atoms with Crippen molar-refractivity contribution < 1.29 is 14.2 Å². The predicted molar refractivity (Wildman–Crippen MR) is 76.7 cm³/mol. The van der Waals surface area contributed by atoms with Gasteiger partial charge in [0, 0.05) is 20.3 Å². The monoisotopic (exact) mass is 267 g/mol. The van der Waals surface area contributed by atoms with Gasteiger partial charge in [-0.3, -0.25) is 0 Å². The Morgan fingerprint density at radius 3 is 2.68 bits per heavy atom. The highest BCUT2D eigenvalue weighted by atomic mass is 16.5. The zero-order valence-electron chi connectivity index (χ0n) is 12.0. The maximum Gasteiger partial charge on any atom is 0.125 e. The summed E-state index contributed by atoms with van der Waals surface area (Å²) in [5.41, 5.74) is 7.92. The first-order chi connectivity index (χ1) is 9.29. The summed E-state index contributed by atoms with van der Waals surface area (Å²) in [6.07, 6.45) is 1.75. The van der Waals surface area contributed by atoms with E-state index in [1.165, 1.54) is 5.56 Å². The molecule has 1 aromatic rings. The molecule has 0 saturated heterocycles. The minimum absolute atomic E-state index is 0.565. The zero-order valence-corrected chi connectivity index (χ0v) is 12.0. The molecule has 19 heavy (non-hydrogen) atoms. The first kappa shape index (κ1) is 16.0. The second-order valence-corrected chi connectivity index (χ2v) is 4.41. The summed E-state index contributed by atoms with van der Waals surface area (Å²) in [5, 5.41) is 0. The van der Waals surface area contributed by atoms with E-state index in [2.05, 4.69) is 19.1 Å². The van der Waals surface area contributed by atoms with Crippen molar-refractivity contribution in [2.75, 3.05) is 40.1 Å². The smallest absolute Gasteiger partial charge is 0.125 e. The summed E-state index contributed by atoms with van der Waals surface area (Å²) in [4.78, 5) is 0. The van der Waals surface area contributed by atoms with Crippen molar-refractivity contribution in [1.29, 1.82) is 0 Å². The van der Waals surface area contributed by atoms with Gasteiger partial charge in [0.1, 0.15) is 12.4 Å². The van der Waals surface area contributed by atoms with E-state index in [-0.39, 0.29) is 0 Å². The van der Waals surface area contributed by atoms with Crippen LogP contribution in [0, 0.1) is 6.92 Å². The standard InChI is InChI=1S/C15H25NO3/c1-13-5-3-6-14(7-8-16)15(13)19-12-11-18-10-4-9-17-2/h3,5-6H,4,7-12,16H2,1-2H3. The molecule has 0 radical (unpaired) electrons. The van der Waals surface area contributed by atoms with Crippen molar-refractivity contribution in [3.05, 3.63) is 29.3 Å². The van der Waals surface area contributed by atoms with Gasteiger partial charge in [0.15, 0.2) is 0 Å². The lowest BCUT2D eigenvalue weighted by molar-refractivity contribution is 0.0803. The van der Waals surface area contributed by atoms with Gasteiger partial charge in [-0.05, 0) is 37.4 Å². The molecule has 0 aromatic heterocycles. The molecular formula is C15H25NO3. The molecule has 0 atom stereocenters. The molecule has 0 fully saturated rings. The fourth-order valence-corrected chi connectivity index (χ4v) is 1.88. The van der Waals surface area contributed by atoms with Gasteiger partial charge in [-0.25, -0.2) is 0 Å². The Labute approximate surface area is 115 Å². The van der Waals surface area contributed by atoms with Crippen LogP contribution in [0.5, 0.6) is 5.75 Å². The van der Waals surface area contributed by atoms with Crippen LogP contribution in [0.2, 0.25) is 0 Å². The molecular weight excluding hydrogens is 242 g/mol. The second-order valence-electron chi connectivity index (χ2n) is 4.41. The van der Waals surface area contributed by atoms with Crippen LogP contribution in [0.1, 0.15) is 17.5 Å². The molecule has 0 bridgehead atoms. The van der Waals surface area contributed by atoms with Crippen LogP contribution in [0.3, 0.4) is 0 Å². The normalized spacial score (nSPS) is 10.7. The number of ether oxygens (including phenoxy) is 3. The minimum atomic E-state index is 0.565. The van der Waals surface area contributed by atoms with Gasteiger partial charge in [0.05, 0.1) is 6.61 Å². The van der Waals surface area contributed by atoms with Gasteiger partial charge in [-0.1, -0.05) is 18.2 Å². The van der Waals surface area contributed by atoms with Gasteiger partial charge in [-0.15, -0.1) is 0 Å². The van der Waals surface area contributed by atoms with Crippen molar-refractivity contribution >= 4 is 0 Å². The minimum Gasteiger partial charge on any atom is -0.491 e. The molecule has 108 valence electrons. The molecule has 1 rings (SSSR count). The van der Waals surface area contributed by atoms with Crippen molar-refractivity contribution in [3.63, 3.8) is 0 Å². The first-order valence-corrected chi connectivity index (χ1v) is 6.77. The highest BCUT2D eigenvalue weighted by Gasteiger charge is 2.06. The SMILES string of the molecule is COCCCOCCOc1c(C)cccc1CCN. The molecule has 0 aliphatic heterocycles. The Balaban J connectivity index is 2.32. The summed E-state index contributed by atoms with van der Waals surface area (Å²) in [7, 11) is 1.69. The molecule has 0 aliphatic rings. The number of methoxy groups -OCH3 is 1. The average molecular weight is 267 g/mol. The first-order valence-electron chi connectivity index (χ1n) is 6.77. The molecule has 0 spiro atoms. The van der Waals surface area contributed by atoms with Crippen molar-refractivity contribution in [3.8, 4) is 5.75 Å². The number of benzene rings is 1. The largest absolute Gasteiger partial charge is 0.491 e. The summed E-state index contributed by atoms with van der Waals surface area (Å²) in [6.45, 7) is 5.29. The molecule has 2 N–H and O–H groups in total. The van der Waals surface area contributed by atoms with Gasteiger partial charge < -0.3 is 19.9 Å². The number of hydrogen-bond donors (Lipinski definition) is 1. The molecule has 0 heterocycles. The Hall–Kier alpha value is -1.10. The lowest BCUT2D eigenvalue weighted by Crippen LogP contribution is -2.11. The third-order valence-corrected chi connectivity index (χ3v) is 2.82. The second kappa shape index (κ2) is 9.78. The lowest BCUT2D eigenvalue weighted by Gasteiger charge is -2.14. The van der Waals surface area contributed by atoms with E-state index < -0.39 is 0 Å². The van der Waals surface area contributed by atoms with Crippen molar-refractivity contribution in [2.24, 2.45) is 5.73 Å². The van der Waals surface area contributed by atoms with E-state index >= 15 is 0 Å². The van der Waals surface area contributed by atoms with Crippen molar-refractivity contribution in [2.45, 2.75) is 19.8 Å². The number of nitrogens with two attached hydrogens (primary N) is 1. The lowest BCUT2D eigenvalue weighted by atomic mass is 10.1. The number of hydrogen-bond acceptors (Lipinski definition) is 4. The molecule has 0 aliphatic carbocycles. The molecule has 0 amide bonds. The third kappa shape index (κ3) is 6.05. The summed E-state index contributed by atoms with van der Waals surface area (Å²) in [5.74, 6) is 0.952.